The second-order valence-electron chi connectivity index (χ2n) is 9.98. The van der Waals surface area contributed by atoms with Gasteiger partial charge in [0.1, 0.15) is 5.82 Å². The Labute approximate surface area is 215 Å². The molecule has 0 unspecified atom stereocenters. The first-order chi connectivity index (χ1) is 17.9. The normalized spacial score (nSPS) is 16.6. The highest BCUT2D eigenvalue weighted by molar-refractivity contribution is 5.82. The van der Waals surface area contributed by atoms with Gasteiger partial charge in [-0.1, -0.05) is 30.7 Å². The number of benzene rings is 2. The summed E-state index contributed by atoms with van der Waals surface area (Å²) in [7, 11) is 0. The number of nitrogens with one attached hydrogen (secondary N) is 1. The largest absolute Gasteiger partial charge is 0.376 e. The van der Waals surface area contributed by atoms with Crippen LogP contribution in [0.3, 0.4) is 0 Å². The van der Waals surface area contributed by atoms with E-state index >= 15 is 0 Å². The summed E-state index contributed by atoms with van der Waals surface area (Å²) in [4.78, 5) is 18.5. The first kappa shape index (κ1) is 25.2. The van der Waals surface area contributed by atoms with Gasteiger partial charge in [-0.25, -0.2) is 9.07 Å². The van der Waals surface area contributed by atoms with Gasteiger partial charge in [-0.3, -0.25) is 9.69 Å². The maximum absolute atomic E-state index is 13.6. The zero-order valence-electron chi connectivity index (χ0n) is 21.6. The van der Waals surface area contributed by atoms with Crippen molar-refractivity contribution in [2.45, 2.75) is 71.8 Å². The Hall–Kier alpha value is -3.43. The number of halogens is 1. The molecular weight excluding hydrogens is 471 g/mol. The molecule has 1 N–H and O–H groups in total. The zero-order valence-corrected chi connectivity index (χ0v) is 21.6. The monoisotopic (exact) mass is 504 g/mol. The molecule has 0 radical (unpaired) electrons. The highest BCUT2D eigenvalue weighted by Crippen LogP contribution is 2.28. The fourth-order valence-corrected chi connectivity index (χ4v) is 5.33. The van der Waals surface area contributed by atoms with Gasteiger partial charge in [0.25, 0.3) is 5.56 Å². The number of H-pyrrole nitrogens is 1. The topological polar surface area (TPSA) is 88.9 Å². The molecule has 9 heteroatoms. The lowest BCUT2D eigenvalue weighted by atomic mass is 10.0. The number of aromatic nitrogens is 5. The molecule has 0 amide bonds. The maximum Gasteiger partial charge on any atom is 0.252 e. The number of ether oxygens (including phenoxy) is 1. The minimum absolute atomic E-state index is 0.0973. The molecule has 1 saturated heterocycles. The average molecular weight is 505 g/mol. The van der Waals surface area contributed by atoms with Crippen molar-refractivity contribution in [3.8, 4) is 0 Å². The molecule has 4 aromatic rings. The average Bonchev–Trinajstić information content (AvgIpc) is 3.55. The number of fused-ring (bicyclic) bond motifs is 1. The van der Waals surface area contributed by atoms with Crippen LogP contribution in [0.25, 0.3) is 10.9 Å². The highest BCUT2D eigenvalue weighted by atomic mass is 19.1. The Kier molecular flexibility index (Phi) is 7.43. The van der Waals surface area contributed by atoms with E-state index in [9.17, 15) is 9.18 Å². The molecule has 1 aliphatic heterocycles. The van der Waals surface area contributed by atoms with Crippen LogP contribution in [0.1, 0.15) is 60.3 Å². The van der Waals surface area contributed by atoms with Crippen LogP contribution in [0.2, 0.25) is 0 Å². The number of aromatic amines is 1. The van der Waals surface area contributed by atoms with Crippen molar-refractivity contribution in [2.75, 3.05) is 6.61 Å². The summed E-state index contributed by atoms with van der Waals surface area (Å²) in [6, 6.07) is 12.5. The Balaban J connectivity index is 1.51. The van der Waals surface area contributed by atoms with Crippen LogP contribution < -0.4 is 5.56 Å². The number of aryl methyl sites for hydroxylation is 2. The molecule has 2 aromatic carbocycles. The maximum atomic E-state index is 13.6. The van der Waals surface area contributed by atoms with Gasteiger partial charge >= 0.3 is 0 Å². The lowest BCUT2D eigenvalue weighted by molar-refractivity contribution is 0.0888. The molecule has 0 aliphatic carbocycles. The predicted octanol–water partition coefficient (Wildman–Crippen LogP) is 4.60. The molecule has 8 nitrogen and oxygen atoms in total. The molecule has 194 valence electrons. The third-order valence-electron chi connectivity index (χ3n) is 7.13. The molecule has 0 saturated carbocycles. The van der Waals surface area contributed by atoms with Crippen LogP contribution in [0.5, 0.6) is 0 Å². The molecule has 37 heavy (non-hydrogen) atoms. The van der Waals surface area contributed by atoms with Crippen molar-refractivity contribution >= 4 is 10.9 Å². The molecule has 2 aromatic heterocycles. The summed E-state index contributed by atoms with van der Waals surface area (Å²) < 4.78 is 21.3. The highest BCUT2D eigenvalue weighted by Gasteiger charge is 2.28. The zero-order chi connectivity index (χ0) is 25.9. The fourth-order valence-electron chi connectivity index (χ4n) is 5.33. The van der Waals surface area contributed by atoms with Crippen LogP contribution in [0.15, 0.2) is 47.3 Å². The predicted molar refractivity (Wildman–Crippen MR) is 140 cm³/mol. The van der Waals surface area contributed by atoms with Crippen molar-refractivity contribution in [2.24, 2.45) is 0 Å². The summed E-state index contributed by atoms with van der Waals surface area (Å²) in [6.45, 7) is 8.41. The Morgan fingerprint density at radius 2 is 2.00 bits per heavy atom. The number of hydrogen-bond donors (Lipinski definition) is 1. The molecule has 5 rings (SSSR count). The number of nitrogens with zero attached hydrogens (tertiary/aromatic N) is 5. The third kappa shape index (κ3) is 5.62. The second-order valence-corrected chi connectivity index (χ2v) is 9.98. The molecule has 2 atom stereocenters. The lowest BCUT2D eigenvalue weighted by Gasteiger charge is -2.30. The van der Waals surface area contributed by atoms with E-state index < -0.39 is 0 Å². The van der Waals surface area contributed by atoms with E-state index in [1.165, 1.54) is 12.1 Å². The first-order valence-corrected chi connectivity index (χ1v) is 12.9. The van der Waals surface area contributed by atoms with E-state index in [0.29, 0.717) is 25.2 Å². The number of pyridine rings is 1. The summed E-state index contributed by atoms with van der Waals surface area (Å²) in [6.07, 6.45) is 2.86. The molecule has 0 bridgehead atoms. The molecule has 3 heterocycles. The Morgan fingerprint density at radius 1 is 1.19 bits per heavy atom. The quantitative estimate of drug-likeness (QED) is 0.358. The lowest BCUT2D eigenvalue weighted by Crippen LogP contribution is -2.33. The van der Waals surface area contributed by atoms with Crippen molar-refractivity contribution in [1.29, 1.82) is 0 Å². The van der Waals surface area contributed by atoms with E-state index in [0.717, 1.165) is 59.3 Å². The third-order valence-corrected chi connectivity index (χ3v) is 7.13. The van der Waals surface area contributed by atoms with E-state index in [4.69, 9.17) is 4.74 Å². The van der Waals surface area contributed by atoms with Gasteiger partial charge in [0.05, 0.1) is 24.2 Å². The second kappa shape index (κ2) is 10.9. The minimum atomic E-state index is -0.278. The van der Waals surface area contributed by atoms with E-state index in [1.807, 2.05) is 17.7 Å². The Morgan fingerprint density at radius 3 is 2.73 bits per heavy atom. The number of tetrazole rings is 1. The fraction of sp³-hybridized carbons (Fsp3) is 0.429. The van der Waals surface area contributed by atoms with Crippen LogP contribution in [-0.2, 0) is 24.4 Å². The van der Waals surface area contributed by atoms with E-state index in [1.54, 1.807) is 12.1 Å². The van der Waals surface area contributed by atoms with Gasteiger partial charge in [-0.2, -0.15) is 0 Å². The SMILES string of the molecule is CC[C@@H](c1nnnn1C[C@H]1CCCO1)N(Cc1ccc(F)cc1)Cc1cc2cc(C)cc(C)c2[nH]c1=O. The van der Waals surface area contributed by atoms with Crippen LogP contribution in [0.4, 0.5) is 4.39 Å². The van der Waals surface area contributed by atoms with Crippen molar-refractivity contribution in [1.82, 2.24) is 30.1 Å². The van der Waals surface area contributed by atoms with Crippen molar-refractivity contribution < 1.29 is 9.13 Å². The Bertz CT molecular complexity index is 1430. The molecule has 1 aliphatic rings. The van der Waals surface area contributed by atoms with Gasteiger partial charge in [0.15, 0.2) is 5.82 Å². The van der Waals surface area contributed by atoms with E-state index in [-0.39, 0.29) is 23.5 Å². The summed E-state index contributed by atoms with van der Waals surface area (Å²) in [5.41, 5.74) is 4.54. The van der Waals surface area contributed by atoms with Crippen molar-refractivity contribution in [3.05, 3.63) is 86.7 Å². The minimum Gasteiger partial charge on any atom is -0.376 e. The number of hydrogen-bond acceptors (Lipinski definition) is 6. The van der Waals surface area contributed by atoms with Crippen molar-refractivity contribution in [3.63, 3.8) is 0 Å². The van der Waals surface area contributed by atoms with Gasteiger partial charge in [0.2, 0.25) is 0 Å². The molecule has 0 spiro atoms. The van der Waals surface area contributed by atoms with Gasteiger partial charge in [-0.05, 0) is 84.3 Å². The number of rotatable bonds is 9. The summed E-state index contributed by atoms with van der Waals surface area (Å²) in [5.74, 6) is 0.462. The van der Waals surface area contributed by atoms with Gasteiger partial charge in [0, 0.05) is 25.3 Å². The smallest absolute Gasteiger partial charge is 0.252 e. The van der Waals surface area contributed by atoms with Crippen LogP contribution in [-0.4, -0.2) is 42.8 Å². The van der Waals surface area contributed by atoms with Gasteiger partial charge < -0.3 is 9.72 Å². The standard InChI is InChI=1S/C28H33FN6O2/c1-4-25(27-31-32-33-35(27)17-24-6-5-11-37-24)34(15-20-7-9-23(29)10-8-20)16-22-14-21-13-18(2)12-19(3)26(21)30-28(22)36/h7-10,12-14,24-25H,4-6,11,15-17H2,1-3H3,(H,30,36)/t24-,25+/m1/s1. The first-order valence-electron chi connectivity index (χ1n) is 12.9. The van der Waals surface area contributed by atoms with Gasteiger partial charge in [-0.15, -0.1) is 5.10 Å². The summed E-state index contributed by atoms with van der Waals surface area (Å²) >= 11 is 0. The molecular formula is C28H33FN6O2. The van der Waals surface area contributed by atoms with Crippen LogP contribution >= 0.6 is 0 Å². The van der Waals surface area contributed by atoms with Crippen LogP contribution in [0, 0.1) is 19.7 Å². The summed E-state index contributed by atoms with van der Waals surface area (Å²) in [5, 5.41) is 13.7. The van der Waals surface area contributed by atoms with E-state index in [2.05, 4.69) is 51.4 Å². The molecule has 1 fully saturated rings.